The molecule has 0 radical (unpaired) electrons. The number of nitrogens with one attached hydrogen (secondary N) is 1. The van der Waals surface area contributed by atoms with Gasteiger partial charge in [-0.25, -0.2) is 0 Å². The maximum absolute atomic E-state index is 3.42. The van der Waals surface area contributed by atoms with Gasteiger partial charge in [0, 0.05) is 45.3 Å². The molecular weight excluding hydrogens is 236 g/mol. The molecule has 0 amide bonds. The van der Waals surface area contributed by atoms with Crippen molar-refractivity contribution in [1.82, 2.24) is 20.0 Å². The zero-order chi connectivity index (χ0) is 13.5. The summed E-state index contributed by atoms with van der Waals surface area (Å²) in [5.74, 6) is 0. The number of hydrogen-bond donors (Lipinski definition) is 1. The standard InChI is InChI=1S/C15H32N4/c1-3-18-9-4-5-15(6-10-18)17(2)13-14-19-11-7-16-8-12-19/h15-16H,3-14H2,1-2H3. The van der Waals surface area contributed by atoms with E-state index in [0.717, 1.165) is 6.04 Å². The van der Waals surface area contributed by atoms with Crippen molar-refractivity contribution in [2.75, 3.05) is 66.0 Å². The minimum Gasteiger partial charge on any atom is -0.314 e. The topological polar surface area (TPSA) is 21.8 Å². The summed E-state index contributed by atoms with van der Waals surface area (Å²) in [5.41, 5.74) is 0. The summed E-state index contributed by atoms with van der Waals surface area (Å²) in [4.78, 5) is 7.81. The largest absolute Gasteiger partial charge is 0.314 e. The first kappa shape index (κ1) is 15.2. The first-order valence-corrected chi connectivity index (χ1v) is 8.15. The first-order valence-electron chi connectivity index (χ1n) is 8.15. The van der Waals surface area contributed by atoms with Crippen molar-refractivity contribution in [3.05, 3.63) is 0 Å². The zero-order valence-corrected chi connectivity index (χ0v) is 12.9. The zero-order valence-electron chi connectivity index (χ0n) is 12.9. The Labute approximate surface area is 119 Å². The molecule has 0 aliphatic carbocycles. The predicted octanol–water partition coefficient (Wildman–Crippen LogP) is 0.698. The quantitative estimate of drug-likeness (QED) is 0.792. The molecule has 2 rings (SSSR count). The van der Waals surface area contributed by atoms with Crippen molar-refractivity contribution >= 4 is 0 Å². The smallest absolute Gasteiger partial charge is 0.0110 e. The number of likely N-dealkylation sites (N-methyl/N-ethyl adjacent to an activating group) is 1. The van der Waals surface area contributed by atoms with Gasteiger partial charge < -0.3 is 15.1 Å². The average Bonchev–Trinajstić information content (AvgIpc) is 2.71. The Morgan fingerprint density at radius 2 is 1.84 bits per heavy atom. The van der Waals surface area contributed by atoms with Crippen LogP contribution in [0.2, 0.25) is 0 Å². The van der Waals surface area contributed by atoms with Gasteiger partial charge in [-0.1, -0.05) is 6.92 Å². The lowest BCUT2D eigenvalue weighted by Gasteiger charge is -2.32. The van der Waals surface area contributed by atoms with Crippen molar-refractivity contribution in [2.45, 2.75) is 32.2 Å². The lowest BCUT2D eigenvalue weighted by Crippen LogP contribution is -2.47. The fraction of sp³-hybridized carbons (Fsp3) is 1.00. The monoisotopic (exact) mass is 268 g/mol. The van der Waals surface area contributed by atoms with Gasteiger partial charge in [0.1, 0.15) is 0 Å². The van der Waals surface area contributed by atoms with Gasteiger partial charge >= 0.3 is 0 Å². The molecule has 2 fully saturated rings. The summed E-state index contributed by atoms with van der Waals surface area (Å²) >= 11 is 0. The highest BCUT2D eigenvalue weighted by Gasteiger charge is 2.20. The van der Waals surface area contributed by atoms with E-state index in [-0.39, 0.29) is 0 Å². The molecule has 4 nitrogen and oxygen atoms in total. The van der Waals surface area contributed by atoms with Gasteiger partial charge in [-0.05, 0) is 45.9 Å². The third-order valence-electron chi connectivity index (χ3n) is 4.84. The molecule has 0 spiro atoms. The number of nitrogens with zero attached hydrogens (tertiary/aromatic N) is 3. The van der Waals surface area contributed by atoms with Crippen LogP contribution in [0.1, 0.15) is 26.2 Å². The maximum atomic E-state index is 3.42. The van der Waals surface area contributed by atoms with E-state index < -0.39 is 0 Å². The Morgan fingerprint density at radius 1 is 1.05 bits per heavy atom. The van der Waals surface area contributed by atoms with Crippen LogP contribution < -0.4 is 5.32 Å². The van der Waals surface area contributed by atoms with Crippen molar-refractivity contribution in [3.63, 3.8) is 0 Å². The molecule has 2 saturated heterocycles. The van der Waals surface area contributed by atoms with Crippen LogP contribution in [-0.2, 0) is 0 Å². The fourth-order valence-electron chi connectivity index (χ4n) is 3.31. The Kier molecular flexibility index (Phi) is 6.57. The molecule has 2 heterocycles. The molecule has 1 unspecified atom stereocenters. The van der Waals surface area contributed by atoms with Gasteiger partial charge in [0.25, 0.3) is 0 Å². The molecule has 0 bridgehead atoms. The van der Waals surface area contributed by atoms with Gasteiger partial charge in [0.2, 0.25) is 0 Å². The molecule has 19 heavy (non-hydrogen) atoms. The molecular formula is C15H32N4. The molecule has 2 aliphatic heterocycles. The number of likely N-dealkylation sites (tertiary alicyclic amines) is 1. The van der Waals surface area contributed by atoms with E-state index in [1.165, 1.54) is 78.2 Å². The summed E-state index contributed by atoms with van der Waals surface area (Å²) in [6, 6.07) is 0.805. The summed E-state index contributed by atoms with van der Waals surface area (Å²) in [5, 5.41) is 3.42. The number of rotatable bonds is 5. The highest BCUT2D eigenvalue weighted by molar-refractivity contribution is 4.77. The van der Waals surface area contributed by atoms with E-state index in [1.807, 2.05) is 0 Å². The number of hydrogen-bond acceptors (Lipinski definition) is 4. The van der Waals surface area contributed by atoms with Crippen molar-refractivity contribution < 1.29 is 0 Å². The van der Waals surface area contributed by atoms with Crippen molar-refractivity contribution in [1.29, 1.82) is 0 Å². The molecule has 0 aromatic heterocycles. The average molecular weight is 268 g/mol. The minimum absolute atomic E-state index is 0.805. The van der Waals surface area contributed by atoms with Crippen LogP contribution in [0.4, 0.5) is 0 Å². The molecule has 112 valence electrons. The molecule has 2 aliphatic rings. The summed E-state index contributed by atoms with van der Waals surface area (Å²) in [6.45, 7) is 13.4. The van der Waals surface area contributed by atoms with Crippen LogP contribution in [-0.4, -0.2) is 86.7 Å². The molecule has 0 saturated carbocycles. The predicted molar refractivity (Wildman–Crippen MR) is 81.7 cm³/mol. The van der Waals surface area contributed by atoms with Crippen molar-refractivity contribution in [2.24, 2.45) is 0 Å². The maximum Gasteiger partial charge on any atom is 0.0110 e. The SMILES string of the molecule is CCN1CCCC(N(C)CCN2CCNCC2)CC1. The van der Waals surface area contributed by atoms with Crippen LogP contribution in [0.3, 0.4) is 0 Å². The summed E-state index contributed by atoms with van der Waals surface area (Å²) in [7, 11) is 2.33. The van der Waals surface area contributed by atoms with Gasteiger partial charge in [0.15, 0.2) is 0 Å². The fourth-order valence-corrected chi connectivity index (χ4v) is 3.31. The summed E-state index contributed by atoms with van der Waals surface area (Å²) in [6.07, 6.45) is 4.11. The molecule has 4 heteroatoms. The second kappa shape index (κ2) is 8.20. The molecule has 1 atom stereocenters. The molecule has 0 aromatic carbocycles. The Bertz CT molecular complexity index is 240. The van der Waals surface area contributed by atoms with E-state index >= 15 is 0 Å². The van der Waals surface area contributed by atoms with Gasteiger partial charge in [-0.15, -0.1) is 0 Å². The lowest BCUT2D eigenvalue weighted by atomic mass is 10.1. The first-order chi connectivity index (χ1) is 9.29. The Morgan fingerprint density at radius 3 is 2.58 bits per heavy atom. The van der Waals surface area contributed by atoms with Gasteiger partial charge in [-0.3, -0.25) is 4.90 Å². The molecule has 0 aromatic rings. The third kappa shape index (κ3) is 5.03. The normalized spacial score (nSPS) is 27.6. The summed E-state index contributed by atoms with van der Waals surface area (Å²) < 4.78 is 0. The second-order valence-corrected chi connectivity index (χ2v) is 6.09. The van der Waals surface area contributed by atoms with Crippen LogP contribution >= 0.6 is 0 Å². The van der Waals surface area contributed by atoms with E-state index in [4.69, 9.17) is 0 Å². The van der Waals surface area contributed by atoms with E-state index in [2.05, 4.69) is 34.0 Å². The third-order valence-corrected chi connectivity index (χ3v) is 4.84. The highest BCUT2D eigenvalue weighted by atomic mass is 15.2. The van der Waals surface area contributed by atoms with E-state index in [0.29, 0.717) is 0 Å². The van der Waals surface area contributed by atoms with Crippen LogP contribution in [0.25, 0.3) is 0 Å². The van der Waals surface area contributed by atoms with Crippen LogP contribution in [0.15, 0.2) is 0 Å². The van der Waals surface area contributed by atoms with Crippen molar-refractivity contribution in [3.8, 4) is 0 Å². The van der Waals surface area contributed by atoms with Crippen LogP contribution in [0.5, 0.6) is 0 Å². The van der Waals surface area contributed by atoms with E-state index in [9.17, 15) is 0 Å². The molecule has 1 N–H and O–H groups in total. The second-order valence-electron chi connectivity index (χ2n) is 6.09. The lowest BCUT2D eigenvalue weighted by molar-refractivity contribution is 0.166. The Balaban J connectivity index is 1.68. The van der Waals surface area contributed by atoms with Gasteiger partial charge in [-0.2, -0.15) is 0 Å². The van der Waals surface area contributed by atoms with Gasteiger partial charge in [0.05, 0.1) is 0 Å². The number of piperazine rings is 1. The van der Waals surface area contributed by atoms with Crippen LogP contribution in [0, 0.1) is 0 Å². The highest BCUT2D eigenvalue weighted by Crippen LogP contribution is 2.15. The Hall–Kier alpha value is -0.160. The minimum atomic E-state index is 0.805. The van der Waals surface area contributed by atoms with E-state index in [1.54, 1.807) is 0 Å².